The monoisotopic (exact) mass is 342 g/mol. The van der Waals surface area contributed by atoms with E-state index in [0.29, 0.717) is 6.42 Å². The average Bonchev–Trinajstić information content (AvgIpc) is 2.43. The number of aryl methyl sites for hydroxylation is 1. The van der Waals surface area contributed by atoms with Crippen LogP contribution in [0.25, 0.3) is 0 Å². The Balaban J connectivity index is 2.26. The molecule has 1 aromatic rings. The van der Waals surface area contributed by atoms with Crippen molar-refractivity contribution in [2.45, 2.75) is 69.2 Å². The van der Waals surface area contributed by atoms with Crippen molar-refractivity contribution in [1.82, 2.24) is 0 Å². The van der Waals surface area contributed by atoms with E-state index in [1.165, 1.54) is 12.1 Å². The number of hydrogen-bond acceptors (Lipinski definition) is 5. The normalized spacial score (nSPS) is 32.2. The number of hydrogen-bond donors (Lipinski definition) is 2. The Morgan fingerprint density at radius 2 is 1.74 bits per heavy atom. The molecule has 0 spiro atoms. The third-order valence-corrected chi connectivity index (χ3v) is 6.26. The Morgan fingerprint density at radius 3 is 2.26 bits per heavy atom. The molecule has 0 amide bonds. The summed E-state index contributed by atoms with van der Waals surface area (Å²) in [6, 6.07) is 6.35. The molecule has 0 bridgehead atoms. The average molecular weight is 342 g/mol. The van der Waals surface area contributed by atoms with Gasteiger partial charge < -0.3 is 10.2 Å². The molecule has 2 rings (SSSR count). The first-order valence-corrected chi connectivity index (χ1v) is 9.32. The van der Waals surface area contributed by atoms with E-state index in [1.54, 1.807) is 19.1 Å². The van der Waals surface area contributed by atoms with E-state index in [1.807, 2.05) is 20.8 Å². The highest BCUT2D eigenvalue weighted by molar-refractivity contribution is 7.86. The molecule has 1 aromatic carbocycles. The van der Waals surface area contributed by atoms with Crippen LogP contribution in [-0.4, -0.2) is 35.9 Å². The quantitative estimate of drug-likeness (QED) is 0.821. The van der Waals surface area contributed by atoms with Crippen molar-refractivity contribution in [1.29, 1.82) is 0 Å². The van der Waals surface area contributed by atoms with Crippen LogP contribution in [0.1, 0.15) is 45.6 Å². The third kappa shape index (κ3) is 3.94. The molecular weight excluding hydrogens is 316 g/mol. The van der Waals surface area contributed by atoms with Gasteiger partial charge in [0, 0.05) is 6.42 Å². The maximum Gasteiger partial charge on any atom is 0.297 e. The lowest BCUT2D eigenvalue weighted by atomic mass is 9.70. The minimum absolute atomic E-state index is 0.0493. The second kappa shape index (κ2) is 6.16. The molecule has 130 valence electrons. The van der Waals surface area contributed by atoms with Gasteiger partial charge in [-0.1, -0.05) is 31.5 Å². The predicted molar refractivity (Wildman–Crippen MR) is 87.5 cm³/mol. The van der Waals surface area contributed by atoms with Crippen molar-refractivity contribution in [3.05, 3.63) is 29.8 Å². The summed E-state index contributed by atoms with van der Waals surface area (Å²) >= 11 is 0. The van der Waals surface area contributed by atoms with Crippen molar-refractivity contribution in [3.8, 4) is 0 Å². The van der Waals surface area contributed by atoms with E-state index in [0.717, 1.165) is 5.56 Å². The summed E-state index contributed by atoms with van der Waals surface area (Å²) in [5.74, 6) is -0.0493. The maximum atomic E-state index is 12.5. The fraction of sp³-hybridized carbons (Fsp3) is 0.647. The molecule has 3 atom stereocenters. The molecule has 0 radical (unpaired) electrons. The lowest BCUT2D eigenvalue weighted by Crippen LogP contribution is -2.54. The van der Waals surface area contributed by atoms with Gasteiger partial charge in [0.25, 0.3) is 10.1 Å². The zero-order valence-electron chi connectivity index (χ0n) is 14.1. The van der Waals surface area contributed by atoms with Crippen molar-refractivity contribution < 1.29 is 22.8 Å². The Hall–Kier alpha value is -0.950. The zero-order valence-corrected chi connectivity index (χ0v) is 14.9. The van der Waals surface area contributed by atoms with Gasteiger partial charge in [-0.15, -0.1) is 0 Å². The Kier molecular flexibility index (Phi) is 4.93. The molecule has 1 saturated carbocycles. The molecule has 0 aliphatic heterocycles. The standard InChI is InChI=1S/C17H26O5S/c1-12(2)17(19)10-9-16(4,18)15(11-17)22-23(20,21)14-7-5-13(3)6-8-14/h5-8,12,15,18-19H,9-11H2,1-4H3/t15-,16-,17-/m0/s1. The molecule has 0 heterocycles. The summed E-state index contributed by atoms with van der Waals surface area (Å²) in [5.41, 5.74) is -1.38. The molecule has 1 fully saturated rings. The molecular formula is C17H26O5S. The number of rotatable bonds is 4. The van der Waals surface area contributed by atoms with E-state index < -0.39 is 27.4 Å². The highest BCUT2D eigenvalue weighted by Crippen LogP contribution is 2.41. The molecule has 1 aliphatic carbocycles. The van der Waals surface area contributed by atoms with Crippen LogP contribution >= 0.6 is 0 Å². The number of benzene rings is 1. The van der Waals surface area contributed by atoms with Gasteiger partial charge in [-0.05, 0) is 44.7 Å². The van der Waals surface area contributed by atoms with Crippen LogP contribution in [0.4, 0.5) is 0 Å². The van der Waals surface area contributed by atoms with E-state index in [4.69, 9.17) is 4.18 Å². The fourth-order valence-corrected chi connectivity index (χ4v) is 4.01. The Morgan fingerprint density at radius 1 is 1.17 bits per heavy atom. The minimum atomic E-state index is -3.99. The summed E-state index contributed by atoms with van der Waals surface area (Å²) in [5, 5.41) is 21.2. The van der Waals surface area contributed by atoms with Gasteiger partial charge in [-0.3, -0.25) is 4.18 Å². The van der Waals surface area contributed by atoms with Gasteiger partial charge in [0.1, 0.15) is 6.10 Å². The van der Waals surface area contributed by atoms with Gasteiger partial charge in [0.15, 0.2) is 0 Å². The summed E-state index contributed by atoms with van der Waals surface area (Å²) in [6.07, 6.45) is -0.185. The molecule has 2 N–H and O–H groups in total. The van der Waals surface area contributed by atoms with Gasteiger partial charge in [0.2, 0.25) is 0 Å². The van der Waals surface area contributed by atoms with Crippen molar-refractivity contribution >= 4 is 10.1 Å². The molecule has 0 unspecified atom stereocenters. The summed E-state index contributed by atoms with van der Waals surface area (Å²) in [6.45, 7) is 7.19. The van der Waals surface area contributed by atoms with Gasteiger partial charge >= 0.3 is 0 Å². The highest BCUT2D eigenvalue weighted by atomic mass is 32.2. The lowest BCUT2D eigenvalue weighted by Gasteiger charge is -2.46. The molecule has 23 heavy (non-hydrogen) atoms. The Bertz CT molecular complexity index is 648. The van der Waals surface area contributed by atoms with E-state index in [-0.39, 0.29) is 23.7 Å². The van der Waals surface area contributed by atoms with Crippen molar-refractivity contribution in [2.75, 3.05) is 0 Å². The summed E-state index contributed by atoms with van der Waals surface area (Å²) in [4.78, 5) is 0.0533. The van der Waals surface area contributed by atoms with Gasteiger partial charge in [-0.25, -0.2) is 0 Å². The lowest BCUT2D eigenvalue weighted by molar-refractivity contribution is -0.150. The van der Waals surface area contributed by atoms with E-state index in [2.05, 4.69) is 0 Å². The first-order valence-electron chi connectivity index (χ1n) is 7.91. The number of aliphatic hydroxyl groups is 2. The Labute approximate surface area is 138 Å². The van der Waals surface area contributed by atoms with Crippen molar-refractivity contribution in [2.24, 2.45) is 5.92 Å². The van der Waals surface area contributed by atoms with E-state index >= 15 is 0 Å². The fourth-order valence-electron chi connectivity index (χ4n) is 2.85. The second-order valence-corrected chi connectivity index (χ2v) is 8.74. The minimum Gasteiger partial charge on any atom is -0.390 e. The molecule has 0 saturated heterocycles. The van der Waals surface area contributed by atoms with Gasteiger partial charge in [-0.2, -0.15) is 8.42 Å². The zero-order chi connectivity index (χ0) is 17.5. The topological polar surface area (TPSA) is 83.8 Å². The van der Waals surface area contributed by atoms with Crippen LogP contribution < -0.4 is 0 Å². The summed E-state index contributed by atoms with van der Waals surface area (Å²) in [7, 11) is -3.99. The van der Waals surface area contributed by atoms with Crippen LogP contribution in [0.5, 0.6) is 0 Å². The van der Waals surface area contributed by atoms with Crippen LogP contribution in [0, 0.1) is 12.8 Å². The van der Waals surface area contributed by atoms with Crippen LogP contribution in [0.2, 0.25) is 0 Å². The largest absolute Gasteiger partial charge is 0.390 e. The summed E-state index contributed by atoms with van der Waals surface area (Å²) < 4.78 is 30.3. The SMILES string of the molecule is Cc1ccc(S(=O)(=O)O[C@H]2C[C@](O)(C(C)C)CC[C@]2(C)O)cc1. The third-order valence-electron chi connectivity index (χ3n) is 4.92. The van der Waals surface area contributed by atoms with Crippen LogP contribution in [0.15, 0.2) is 29.2 Å². The smallest absolute Gasteiger partial charge is 0.297 e. The van der Waals surface area contributed by atoms with Crippen LogP contribution in [-0.2, 0) is 14.3 Å². The highest BCUT2D eigenvalue weighted by Gasteiger charge is 2.49. The second-order valence-electron chi connectivity index (χ2n) is 7.17. The molecule has 0 aromatic heterocycles. The van der Waals surface area contributed by atoms with Crippen molar-refractivity contribution in [3.63, 3.8) is 0 Å². The molecule has 5 nitrogen and oxygen atoms in total. The molecule has 1 aliphatic rings. The molecule has 6 heteroatoms. The maximum absolute atomic E-state index is 12.5. The first kappa shape index (κ1) is 18.4. The van der Waals surface area contributed by atoms with Crippen LogP contribution in [0.3, 0.4) is 0 Å². The predicted octanol–water partition coefficient (Wildman–Crippen LogP) is 2.39. The van der Waals surface area contributed by atoms with E-state index in [9.17, 15) is 18.6 Å². The van der Waals surface area contributed by atoms with Gasteiger partial charge in [0.05, 0.1) is 16.1 Å². The first-order chi connectivity index (χ1) is 10.5.